The molecule has 2 rings (SSSR count). The third kappa shape index (κ3) is 3.04. The Kier molecular flexibility index (Phi) is 3.89. The van der Waals surface area contributed by atoms with Crippen LogP contribution in [0.1, 0.15) is 13.8 Å². The number of anilines is 1. The Morgan fingerprint density at radius 2 is 2.05 bits per heavy atom. The van der Waals surface area contributed by atoms with Crippen molar-refractivity contribution >= 4 is 29.4 Å². The fraction of sp³-hybridized carbons (Fsp3) is 0.385. The SMILES string of the molecule is CC1(C)NC(=O)N(CCSc2cc(N)cc(F)c2)C1=O. The molecule has 1 fully saturated rings. The lowest BCUT2D eigenvalue weighted by atomic mass is 10.1. The van der Waals surface area contributed by atoms with Gasteiger partial charge in [0.1, 0.15) is 11.4 Å². The van der Waals surface area contributed by atoms with Gasteiger partial charge in [0.25, 0.3) is 5.91 Å². The van der Waals surface area contributed by atoms with E-state index in [9.17, 15) is 14.0 Å². The molecule has 3 N–H and O–H groups in total. The van der Waals surface area contributed by atoms with Gasteiger partial charge in [0.2, 0.25) is 0 Å². The highest BCUT2D eigenvalue weighted by atomic mass is 32.2. The predicted octanol–water partition coefficient (Wildman–Crippen LogP) is 1.83. The van der Waals surface area contributed by atoms with Gasteiger partial charge in [0.15, 0.2) is 0 Å². The number of thioether (sulfide) groups is 1. The van der Waals surface area contributed by atoms with Crippen molar-refractivity contribution in [2.45, 2.75) is 24.3 Å². The lowest BCUT2D eigenvalue weighted by Gasteiger charge is -2.15. The molecule has 0 spiro atoms. The molecular formula is C13H16FN3O2S. The number of halogens is 1. The highest BCUT2D eigenvalue weighted by Crippen LogP contribution is 2.23. The van der Waals surface area contributed by atoms with Gasteiger partial charge >= 0.3 is 6.03 Å². The van der Waals surface area contributed by atoms with Crippen molar-refractivity contribution in [3.63, 3.8) is 0 Å². The van der Waals surface area contributed by atoms with Crippen LogP contribution in [0.25, 0.3) is 0 Å². The monoisotopic (exact) mass is 297 g/mol. The van der Waals surface area contributed by atoms with Crippen molar-refractivity contribution in [1.29, 1.82) is 0 Å². The minimum absolute atomic E-state index is 0.248. The number of nitrogens with zero attached hydrogens (tertiary/aromatic N) is 1. The molecule has 1 aliphatic rings. The third-order valence-corrected chi connectivity index (χ3v) is 3.88. The van der Waals surface area contributed by atoms with Crippen LogP contribution in [0.5, 0.6) is 0 Å². The number of benzene rings is 1. The second-order valence-corrected chi connectivity index (χ2v) is 6.25. The molecule has 0 unspecified atom stereocenters. The summed E-state index contributed by atoms with van der Waals surface area (Å²) in [7, 11) is 0. The Balaban J connectivity index is 1.93. The molecule has 1 aromatic rings. The van der Waals surface area contributed by atoms with Crippen LogP contribution >= 0.6 is 11.8 Å². The minimum atomic E-state index is -0.856. The van der Waals surface area contributed by atoms with Crippen LogP contribution in [-0.4, -0.2) is 34.7 Å². The highest BCUT2D eigenvalue weighted by Gasteiger charge is 2.43. The summed E-state index contributed by atoms with van der Waals surface area (Å²) in [6.07, 6.45) is 0. The molecule has 1 aromatic carbocycles. The molecule has 0 aliphatic carbocycles. The number of nitrogen functional groups attached to an aromatic ring is 1. The standard InChI is InChI=1S/C13H16FN3O2S/c1-13(2)11(18)17(12(19)16-13)3-4-20-10-6-8(14)5-9(15)7-10/h5-7H,3-4,15H2,1-2H3,(H,16,19). The van der Waals surface area contributed by atoms with Gasteiger partial charge in [0, 0.05) is 22.9 Å². The molecule has 0 saturated carbocycles. The Hall–Kier alpha value is -1.76. The zero-order valence-electron chi connectivity index (χ0n) is 11.3. The highest BCUT2D eigenvalue weighted by molar-refractivity contribution is 7.99. The first-order valence-electron chi connectivity index (χ1n) is 6.12. The van der Waals surface area contributed by atoms with E-state index in [4.69, 9.17) is 5.73 Å². The molecular weight excluding hydrogens is 281 g/mol. The normalized spacial score (nSPS) is 17.4. The molecule has 0 aromatic heterocycles. The van der Waals surface area contributed by atoms with E-state index in [1.54, 1.807) is 19.9 Å². The molecule has 1 heterocycles. The number of nitrogens with one attached hydrogen (secondary N) is 1. The molecule has 1 aliphatic heterocycles. The zero-order valence-corrected chi connectivity index (χ0v) is 12.1. The number of urea groups is 1. The first-order valence-corrected chi connectivity index (χ1v) is 7.11. The van der Waals surface area contributed by atoms with Crippen molar-refractivity contribution < 1.29 is 14.0 Å². The molecule has 0 radical (unpaired) electrons. The number of hydrogen-bond acceptors (Lipinski definition) is 4. The molecule has 1 saturated heterocycles. The van der Waals surface area contributed by atoms with Crippen LogP contribution in [0.2, 0.25) is 0 Å². The van der Waals surface area contributed by atoms with Crippen LogP contribution in [0, 0.1) is 5.82 Å². The number of amides is 3. The second kappa shape index (κ2) is 5.32. The number of hydrogen-bond donors (Lipinski definition) is 2. The van der Waals surface area contributed by atoms with Gasteiger partial charge in [-0.3, -0.25) is 9.69 Å². The lowest BCUT2D eigenvalue weighted by Crippen LogP contribution is -2.40. The second-order valence-electron chi connectivity index (χ2n) is 5.08. The van der Waals surface area contributed by atoms with E-state index >= 15 is 0 Å². The van der Waals surface area contributed by atoms with Crippen molar-refractivity contribution in [2.75, 3.05) is 18.0 Å². The fourth-order valence-electron chi connectivity index (χ4n) is 1.94. The van der Waals surface area contributed by atoms with E-state index in [0.717, 1.165) is 0 Å². The van der Waals surface area contributed by atoms with E-state index in [2.05, 4.69) is 5.32 Å². The largest absolute Gasteiger partial charge is 0.399 e. The third-order valence-electron chi connectivity index (χ3n) is 2.92. The van der Waals surface area contributed by atoms with Gasteiger partial charge in [0.05, 0.1) is 0 Å². The summed E-state index contributed by atoms with van der Waals surface area (Å²) in [4.78, 5) is 25.4. The number of carbonyl (C=O) groups is 2. The van der Waals surface area contributed by atoms with Gasteiger partial charge in [-0.2, -0.15) is 0 Å². The Morgan fingerprint density at radius 1 is 1.35 bits per heavy atom. The number of imide groups is 1. The van der Waals surface area contributed by atoms with Gasteiger partial charge in [-0.05, 0) is 32.0 Å². The summed E-state index contributed by atoms with van der Waals surface area (Å²) < 4.78 is 13.2. The fourth-order valence-corrected chi connectivity index (χ4v) is 2.87. The summed E-state index contributed by atoms with van der Waals surface area (Å²) >= 11 is 1.35. The van der Waals surface area contributed by atoms with Crippen molar-refractivity contribution in [3.8, 4) is 0 Å². The van der Waals surface area contributed by atoms with Crippen LogP contribution in [0.15, 0.2) is 23.1 Å². The Labute approximate surface area is 120 Å². The molecule has 3 amide bonds. The van der Waals surface area contributed by atoms with Crippen molar-refractivity contribution in [2.24, 2.45) is 0 Å². The molecule has 20 heavy (non-hydrogen) atoms. The van der Waals surface area contributed by atoms with Gasteiger partial charge in [-0.25, -0.2) is 9.18 Å². The van der Waals surface area contributed by atoms with Crippen molar-refractivity contribution in [3.05, 3.63) is 24.0 Å². The summed E-state index contributed by atoms with van der Waals surface area (Å²) in [5, 5.41) is 2.61. The van der Waals surface area contributed by atoms with E-state index in [1.807, 2.05) is 0 Å². The molecule has 0 atom stereocenters. The smallest absolute Gasteiger partial charge is 0.325 e. The number of rotatable bonds is 4. The maximum Gasteiger partial charge on any atom is 0.325 e. The Morgan fingerprint density at radius 3 is 2.60 bits per heavy atom. The summed E-state index contributed by atoms with van der Waals surface area (Å²) in [6.45, 7) is 3.59. The topological polar surface area (TPSA) is 75.4 Å². The van der Waals surface area contributed by atoms with Gasteiger partial charge < -0.3 is 11.1 Å². The lowest BCUT2D eigenvalue weighted by molar-refractivity contribution is -0.130. The molecule has 108 valence electrons. The number of nitrogens with two attached hydrogens (primary N) is 1. The van der Waals surface area contributed by atoms with E-state index < -0.39 is 11.4 Å². The van der Waals surface area contributed by atoms with Gasteiger partial charge in [-0.1, -0.05) is 0 Å². The Bertz CT molecular complexity index is 542. The van der Waals surface area contributed by atoms with Crippen LogP contribution in [-0.2, 0) is 4.79 Å². The van der Waals surface area contributed by atoms with E-state index in [-0.39, 0.29) is 18.5 Å². The van der Waals surface area contributed by atoms with Crippen LogP contribution in [0.4, 0.5) is 14.9 Å². The molecule has 0 bridgehead atoms. The predicted molar refractivity (Wildman–Crippen MR) is 75.9 cm³/mol. The minimum Gasteiger partial charge on any atom is -0.399 e. The number of carbonyl (C=O) groups excluding carboxylic acids is 2. The molecule has 5 nitrogen and oxygen atoms in total. The molecule has 7 heteroatoms. The maximum atomic E-state index is 13.2. The summed E-state index contributed by atoms with van der Waals surface area (Å²) in [6, 6.07) is 3.88. The average molecular weight is 297 g/mol. The van der Waals surface area contributed by atoms with Crippen LogP contribution < -0.4 is 11.1 Å². The first-order chi connectivity index (χ1) is 9.29. The van der Waals surface area contributed by atoms with Gasteiger partial charge in [-0.15, -0.1) is 11.8 Å². The summed E-state index contributed by atoms with van der Waals surface area (Å²) in [5.74, 6) is -0.163. The zero-order chi connectivity index (χ0) is 14.9. The first kappa shape index (κ1) is 14.6. The maximum absolute atomic E-state index is 13.2. The summed E-state index contributed by atoms with van der Waals surface area (Å²) in [5.41, 5.74) is 5.05. The van der Waals surface area contributed by atoms with Crippen molar-refractivity contribution in [1.82, 2.24) is 10.2 Å². The van der Waals surface area contributed by atoms with Crippen LogP contribution in [0.3, 0.4) is 0 Å². The quantitative estimate of drug-likeness (QED) is 0.505. The van der Waals surface area contributed by atoms with E-state index in [1.165, 1.54) is 28.8 Å². The van der Waals surface area contributed by atoms with E-state index in [0.29, 0.717) is 16.3 Å². The average Bonchev–Trinajstić information content (AvgIpc) is 2.49.